The van der Waals surface area contributed by atoms with Crippen molar-refractivity contribution in [3.63, 3.8) is 0 Å². The minimum Gasteiger partial charge on any atom is -0.872 e. The topological polar surface area (TPSA) is 92.7 Å². The molecule has 0 atom stereocenters. The van der Waals surface area contributed by atoms with E-state index in [4.69, 9.17) is 8.92 Å². The van der Waals surface area contributed by atoms with Gasteiger partial charge in [0.15, 0.2) is 10.7 Å². The van der Waals surface area contributed by atoms with Crippen molar-refractivity contribution in [3.05, 3.63) is 101 Å². The first-order valence-electron chi connectivity index (χ1n) is 8.73. The van der Waals surface area contributed by atoms with Gasteiger partial charge in [-0.05, 0) is 29.8 Å². The standard InChI is InChI=1S/C22H16O6S/c23-21-15(14-27-18-11-6-4-9-16(18)21)8-2-1-3-13-20-22(24)17-10-5-7-12-19(17)28-29(20,25)26/h1-13,23H,14H2/p-1/b3-1?,8-2?,20-13-. The van der Waals surface area contributed by atoms with Gasteiger partial charge in [0, 0.05) is 5.56 Å². The minimum absolute atomic E-state index is 0.0195. The molecule has 4 rings (SSSR count). The zero-order valence-electron chi connectivity index (χ0n) is 15.1. The number of allylic oxidation sites excluding steroid dienone is 5. The molecule has 0 N–H and O–H groups in total. The molecule has 146 valence electrons. The third-order valence-corrected chi connectivity index (χ3v) is 5.66. The Morgan fingerprint density at radius 2 is 1.59 bits per heavy atom. The number of Topliss-reactive ketones (excluding diaryl/α,β-unsaturated/α-hetero) is 1. The van der Waals surface area contributed by atoms with Crippen LogP contribution in [0.25, 0.3) is 5.76 Å². The van der Waals surface area contributed by atoms with Gasteiger partial charge < -0.3 is 14.0 Å². The van der Waals surface area contributed by atoms with Crippen LogP contribution in [0, 0.1) is 0 Å². The maximum absolute atomic E-state index is 12.5. The molecule has 2 aliphatic heterocycles. The zero-order chi connectivity index (χ0) is 20.4. The van der Waals surface area contributed by atoms with Gasteiger partial charge in [0.2, 0.25) is 5.78 Å². The van der Waals surface area contributed by atoms with Crippen LogP contribution in [0.2, 0.25) is 0 Å². The van der Waals surface area contributed by atoms with E-state index in [1.165, 1.54) is 30.4 Å². The van der Waals surface area contributed by atoms with Gasteiger partial charge in [-0.2, -0.15) is 8.42 Å². The second-order valence-electron chi connectivity index (χ2n) is 6.28. The fourth-order valence-corrected chi connectivity index (χ4v) is 4.03. The third kappa shape index (κ3) is 3.60. The van der Waals surface area contributed by atoms with E-state index >= 15 is 0 Å². The molecular weight excluding hydrogens is 392 g/mol. The van der Waals surface area contributed by atoms with E-state index in [-0.39, 0.29) is 23.7 Å². The number of hydrogen-bond donors (Lipinski definition) is 0. The SMILES string of the molecule is O=C1/C(=C/C=CC=CC2=C([O-])c3ccccc3OC2)S(=O)(=O)Oc2ccccc21. The van der Waals surface area contributed by atoms with Crippen LogP contribution in [0.3, 0.4) is 0 Å². The zero-order valence-corrected chi connectivity index (χ0v) is 15.9. The average molecular weight is 407 g/mol. The Bertz CT molecular complexity index is 1220. The Labute approximate surface area is 167 Å². The Morgan fingerprint density at radius 1 is 0.897 bits per heavy atom. The van der Waals surface area contributed by atoms with Crippen molar-refractivity contribution in [2.45, 2.75) is 0 Å². The van der Waals surface area contributed by atoms with Crippen LogP contribution < -0.4 is 14.0 Å². The molecule has 2 aromatic carbocycles. The average Bonchev–Trinajstić information content (AvgIpc) is 2.71. The highest BCUT2D eigenvalue weighted by Gasteiger charge is 2.35. The largest absolute Gasteiger partial charge is 0.872 e. The van der Waals surface area contributed by atoms with Gasteiger partial charge in [-0.3, -0.25) is 4.79 Å². The van der Waals surface area contributed by atoms with E-state index < -0.39 is 20.8 Å². The first-order valence-corrected chi connectivity index (χ1v) is 10.1. The van der Waals surface area contributed by atoms with Crippen molar-refractivity contribution >= 4 is 21.7 Å². The summed E-state index contributed by atoms with van der Waals surface area (Å²) in [5.74, 6) is -0.172. The summed E-state index contributed by atoms with van der Waals surface area (Å²) in [6, 6.07) is 13.2. The third-order valence-electron chi connectivity index (χ3n) is 4.40. The van der Waals surface area contributed by atoms with Crippen molar-refractivity contribution in [2.75, 3.05) is 6.61 Å². The highest BCUT2D eigenvalue weighted by Crippen LogP contribution is 2.32. The summed E-state index contributed by atoms with van der Waals surface area (Å²) >= 11 is 0. The quantitative estimate of drug-likeness (QED) is 0.441. The number of fused-ring (bicyclic) bond motifs is 2. The van der Waals surface area contributed by atoms with Crippen molar-refractivity contribution in [3.8, 4) is 11.5 Å². The molecule has 0 aromatic heterocycles. The first kappa shape index (κ1) is 18.8. The fourth-order valence-electron chi connectivity index (χ4n) is 2.97. The van der Waals surface area contributed by atoms with Crippen molar-refractivity contribution in [1.82, 2.24) is 0 Å². The molecule has 2 aromatic rings. The van der Waals surface area contributed by atoms with Crippen LogP contribution >= 0.6 is 0 Å². The highest BCUT2D eigenvalue weighted by molar-refractivity contribution is 7.92. The summed E-state index contributed by atoms with van der Waals surface area (Å²) in [6.07, 6.45) is 7.28. The van der Waals surface area contributed by atoms with Gasteiger partial charge in [0.05, 0.1) is 5.56 Å². The van der Waals surface area contributed by atoms with Crippen molar-refractivity contribution in [1.29, 1.82) is 0 Å². The van der Waals surface area contributed by atoms with Gasteiger partial charge in [-0.25, -0.2) is 0 Å². The maximum Gasteiger partial charge on any atom is 0.343 e. The summed E-state index contributed by atoms with van der Waals surface area (Å²) in [7, 11) is -4.18. The minimum atomic E-state index is -4.18. The molecule has 0 saturated carbocycles. The summed E-state index contributed by atoms with van der Waals surface area (Å²) in [4.78, 5) is 12.0. The second-order valence-corrected chi connectivity index (χ2v) is 7.79. The number of ether oxygens (including phenoxy) is 1. The van der Waals surface area contributed by atoms with Crippen molar-refractivity contribution < 1.29 is 27.2 Å². The van der Waals surface area contributed by atoms with Crippen LogP contribution in [-0.2, 0) is 10.1 Å². The molecule has 2 heterocycles. The molecule has 29 heavy (non-hydrogen) atoms. The summed E-state index contributed by atoms with van der Waals surface area (Å²) < 4.78 is 34.9. The summed E-state index contributed by atoms with van der Waals surface area (Å²) in [6.45, 7) is 0.152. The van der Waals surface area contributed by atoms with Crippen LogP contribution in [0.1, 0.15) is 15.9 Å². The Balaban J connectivity index is 1.55. The number of ketones is 1. The Morgan fingerprint density at radius 3 is 2.38 bits per heavy atom. The molecule has 7 heteroatoms. The number of carbonyl (C=O) groups is 1. The van der Waals surface area contributed by atoms with Crippen molar-refractivity contribution in [2.24, 2.45) is 0 Å². The molecule has 0 amide bonds. The van der Waals surface area contributed by atoms with Gasteiger partial charge in [0.1, 0.15) is 12.4 Å². The Hall–Kier alpha value is -3.58. The fraction of sp³-hybridized carbons (Fsp3) is 0.0455. The molecule has 0 bridgehead atoms. The van der Waals surface area contributed by atoms with E-state index in [0.29, 0.717) is 16.9 Å². The van der Waals surface area contributed by atoms with Gasteiger partial charge in [0.25, 0.3) is 0 Å². The lowest BCUT2D eigenvalue weighted by Crippen LogP contribution is -2.25. The number of rotatable bonds is 3. The monoisotopic (exact) mass is 407 g/mol. The first-order chi connectivity index (χ1) is 14.0. The molecule has 0 spiro atoms. The molecule has 2 aliphatic rings. The lowest BCUT2D eigenvalue weighted by molar-refractivity contribution is -0.245. The predicted molar refractivity (Wildman–Crippen MR) is 106 cm³/mol. The number of para-hydroxylation sites is 2. The van der Waals surface area contributed by atoms with Gasteiger partial charge in [-0.15, -0.1) is 0 Å². The smallest absolute Gasteiger partial charge is 0.343 e. The maximum atomic E-state index is 12.5. The van der Waals surface area contributed by atoms with Crippen LogP contribution in [0.5, 0.6) is 11.5 Å². The van der Waals surface area contributed by atoms with E-state index in [1.807, 2.05) is 0 Å². The van der Waals surface area contributed by atoms with E-state index in [2.05, 4.69) is 0 Å². The van der Waals surface area contributed by atoms with E-state index in [0.717, 1.165) is 0 Å². The van der Waals surface area contributed by atoms with E-state index in [1.54, 1.807) is 48.6 Å². The summed E-state index contributed by atoms with van der Waals surface area (Å²) in [5, 5.41) is 12.4. The van der Waals surface area contributed by atoms with Gasteiger partial charge >= 0.3 is 10.1 Å². The Kier molecular flexibility index (Phi) is 4.82. The lowest BCUT2D eigenvalue weighted by Gasteiger charge is -2.25. The van der Waals surface area contributed by atoms with E-state index in [9.17, 15) is 18.3 Å². The van der Waals surface area contributed by atoms with Crippen LogP contribution in [0.15, 0.2) is 89.4 Å². The molecule has 0 fully saturated rings. The number of hydrogen-bond acceptors (Lipinski definition) is 6. The molecular formula is C22H15O6S-. The number of carbonyl (C=O) groups excluding carboxylic acids is 1. The second kappa shape index (κ2) is 7.44. The molecule has 0 aliphatic carbocycles. The van der Waals surface area contributed by atoms with Crippen LogP contribution in [-0.4, -0.2) is 20.8 Å². The van der Waals surface area contributed by atoms with Crippen LogP contribution in [0.4, 0.5) is 0 Å². The molecule has 0 saturated heterocycles. The molecule has 0 unspecified atom stereocenters. The molecule has 0 radical (unpaired) electrons. The predicted octanol–water partition coefficient (Wildman–Crippen LogP) is 2.75. The lowest BCUT2D eigenvalue weighted by atomic mass is 10.0. The number of benzene rings is 2. The highest BCUT2D eigenvalue weighted by atomic mass is 32.2. The summed E-state index contributed by atoms with van der Waals surface area (Å²) in [5.41, 5.74) is 1.16. The van der Waals surface area contributed by atoms with Gasteiger partial charge in [-0.1, -0.05) is 60.4 Å². The normalized spacial score (nSPS) is 19.2. The molecule has 6 nitrogen and oxygen atoms in total.